The molecule has 2 heterocycles. The van der Waals surface area contributed by atoms with E-state index < -0.39 is 17.7 Å². The van der Waals surface area contributed by atoms with Gasteiger partial charge in [0.15, 0.2) is 11.5 Å². The Bertz CT molecular complexity index is 627. The summed E-state index contributed by atoms with van der Waals surface area (Å²) in [5.41, 5.74) is -0.290. The van der Waals surface area contributed by atoms with Crippen molar-refractivity contribution in [2.75, 3.05) is 5.32 Å². The Balaban J connectivity index is 2.01. The molecule has 8 nitrogen and oxygen atoms in total. The fourth-order valence-electron chi connectivity index (χ4n) is 1.29. The van der Waals surface area contributed by atoms with Gasteiger partial charge in [0.1, 0.15) is 6.54 Å². The van der Waals surface area contributed by atoms with Crippen molar-refractivity contribution in [3.63, 3.8) is 0 Å². The second-order valence-electron chi connectivity index (χ2n) is 3.51. The summed E-state index contributed by atoms with van der Waals surface area (Å²) in [5, 5.41) is 17.7. The molecule has 0 unspecified atom stereocenters. The summed E-state index contributed by atoms with van der Waals surface area (Å²) in [6.07, 6.45) is 3.40. The quantitative estimate of drug-likeness (QED) is 0.814. The zero-order chi connectivity index (χ0) is 13.8. The summed E-state index contributed by atoms with van der Waals surface area (Å²) in [5.74, 6) is -2.47. The van der Waals surface area contributed by atoms with Crippen LogP contribution in [-0.2, 0) is 11.3 Å². The number of carbonyl (C=O) groups excluding carboxylic acids is 1. The normalized spacial score (nSPS) is 10.2. The SMILES string of the molecule is O=C(Cn1cc(C(=O)O)nn1)Nc1ccncc1F. The molecular formula is C10H8FN5O3. The maximum Gasteiger partial charge on any atom is 0.358 e. The highest BCUT2D eigenvalue weighted by Gasteiger charge is 2.11. The Morgan fingerprint density at radius 3 is 2.89 bits per heavy atom. The van der Waals surface area contributed by atoms with Gasteiger partial charge in [0.2, 0.25) is 5.91 Å². The molecule has 0 aliphatic rings. The molecule has 0 saturated carbocycles. The Morgan fingerprint density at radius 2 is 2.26 bits per heavy atom. The Morgan fingerprint density at radius 1 is 1.47 bits per heavy atom. The molecule has 0 bridgehead atoms. The van der Waals surface area contributed by atoms with E-state index in [9.17, 15) is 14.0 Å². The van der Waals surface area contributed by atoms with Crippen LogP contribution in [0.1, 0.15) is 10.5 Å². The molecular weight excluding hydrogens is 257 g/mol. The Labute approximate surface area is 105 Å². The zero-order valence-electron chi connectivity index (χ0n) is 9.45. The number of nitrogens with one attached hydrogen (secondary N) is 1. The first-order chi connectivity index (χ1) is 9.06. The van der Waals surface area contributed by atoms with Gasteiger partial charge >= 0.3 is 5.97 Å². The zero-order valence-corrected chi connectivity index (χ0v) is 9.45. The first kappa shape index (κ1) is 12.6. The van der Waals surface area contributed by atoms with Crippen LogP contribution in [-0.4, -0.2) is 37.0 Å². The van der Waals surface area contributed by atoms with Gasteiger partial charge in [-0.05, 0) is 6.07 Å². The van der Waals surface area contributed by atoms with E-state index in [4.69, 9.17) is 5.11 Å². The molecule has 0 fully saturated rings. The van der Waals surface area contributed by atoms with Gasteiger partial charge in [-0.1, -0.05) is 5.21 Å². The number of carbonyl (C=O) groups is 2. The highest BCUT2D eigenvalue weighted by molar-refractivity contribution is 5.90. The lowest BCUT2D eigenvalue weighted by molar-refractivity contribution is -0.117. The van der Waals surface area contributed by atoms with E-state index in [-0.39, 0.29) is 17.9 Å². The summed E-state index contributed by atoms with van der Waals surface area (Å²) < 4.78 is 14.2. The third kappa shape index (κ3) is 3.09. The fraction of sp³-hybridized carbons (Fsp3) is 0.100. The Hall–Kier alpha value is -2.84. The number of aromatic carboxylic acids is 1. The number of hydrogen-bond donors (Lipinski definition) is 2. The third-order valence-electron chi connectivity index (χ3n) is 2.11. The molecule has 0 spiro atoms. The largest absolute Gasteiger partial charge is 0.476 e. The van der Waals surface area contributed by atoms with Crippen LogP contribution >= 0.6 is 0 Å². The molecule has 98 valence electrons. The van der Waals surface area contributed by atoms with E-state index in [0.717, 1.165) is 17.1 Å². The van der Waals surface area contributed by atoms with Gasteiger partial charge in [-0.25, -0.2) is 13.9 Å². The highest BCUT2D eigenvalue weighted by Crippen LogP contribution is 2.10. The van der Waals surface area contributed by atoms with Gasteiger partial charge in [0.25, 0.3) is 0 Å². The lowest BCUT2D eigenvalue weighted by atomic mass is 10.4. The average Bonchev–Trinajstić information content (AvgIpc) is 2.80. The summed E-state index contributed by atoms with van der Waals surface area (Å²) >= 11 is 0. The van der Waals surface area contributed by atoms with Crippen LogP contribution in [0, 0.1) is 5.82 Å². The van der Waals surface area contributed by atoms with E-state index in [0.29, 0.717) is 0 Å². The van der Waals surface area contributed by atoms with Gasteiger partial charge in [0, 0.05) is 6.20 Å². The summed E-state index contributed by atoms with van der Waals surface area (Å²) in [6, 6.07) is 1.30. The number of halogens is 1. The van der Waals surface area contributed by atoms with Crippen molar-refractivity contribution in [3.05, 3.63) is 36.2 Å². The summed E-state index contributed by atoms with van der Waals surface area (Å²) in [4.78, 5) is 25.7. The van der Waals surface area contributed by atoms with Crippen molar-refractivity contribution in [1.29, 1.82) is 0 Å². The number of amides is 1. The molecule has 2 N–H and O–H groups in total. The lowest BCUT2D eigenvalue weighted by Gasteiger charge is -2.05. The molecule has 1 amide bonds. The minimum absolute atomic E-state index is 0.0152. The van der Waals surface area contributed by atoms with Crippen LogP contribution in [0.3, 0.4) is 0 Å². The first-order valence-electron chi connectivity index (χ1n) is 5.09. The third-order valence-corrected chi connectivity index (χ3v) is 2.11. The van der Waals surface area contributed by atoms with Gasteiger partial charge < -0.3 is 10.4 Å². The second-order valence-corrected chi connectivity index (χ2v) is 3.51. The van der Waals surface area contributed by atoms with Crippen LogP contribution in [0.4, 0.5) is 10.1 Å². The molecule has 0 radical (unpaired) electrons. The second kappa shape index (κ2) is 5.21. The number of pyridine rings is 1. The summed E-state index contributed by atoms with van der Waals surface area (Å²) in [7, 11) is 0. The smallest absolute Gasteiger partial charge is 0.358 e. The molecule has 0 aromatic carbocycles. The molecule has 19 heavy (non-hydrogen) atoms. The predicted octanol–water partition coefficient (Wildman–Crippen LogP) is 0.149. The molecule has 0 aliphatic carbocycles. The van der Waals surface area contributed by atoms with Crippen LogP contribution in [0.2, 0.25) is 0 Å². The van der Waals surface area contributed by atoms with E-state index in [1.54, 1.807) is 0 Å². The average molecular weight is 265 g/mol. The molecule has 0 aliphatic heterocycles. The summed E-state index contributed by atoms with van der Waals surface area (Å²) in [6.45, 7) is -0.276. The van der Waals surface area contributed by atoms with Crippen LogP contribution < -0.4 is 5.32 Å². The van der Waals surface area contributed by atoms with Crippen molar-refractivity contribution in [2.45, 2.75) is 6.54 Å². The van der Waals surface area contributed by atoms with Crippen molar-refractivity contribution in [2.24, 2.45) is 0 Å². The standard InChI is InChI=1S/C10H8FN5O3/c11-6-3-12-2-1-7(6)13-9(17)5-16-4-8(10(18)19)14-15-16/h1-4H,5H2,(H,18,19)(H,12,13,17). The number of carboxylic acids is 1. The minimum Gasteiger partial charge on any atom is -0.476 e. The number of anilines is 1. The monoisotopic (exact) mass is 265 g/mol. The molecule has 0 saturated heterocycles. The van der Waals surface area contributed by atoms with Gasteiger partial charge in [-0.3, -0.25) is 9.78 Å². The van der Waals surface area contributed by atoms with E-state index >= 15 is 0 Å². The number of rotatable bonds is 4. The van der Waals surface area contributed by atoms with Crippen LogP contribution in [0.25, 0.3) is 0 Å². The van der Waals surface area contributed by atoms with Crippen LogP contribution in [0.15, 0.2) is 24.7 Å². The number of aromatic nitrogens is 4. The lowest BCUT2D eigenvalue weighted by Crippen LogP contribution is -2.19. The van der Waals surface area contributed by atoms with Crippen LogP contribution in [0.5, 0.6) is 0 Å². The number of carboxylic acid groups (broad SMARTS) is 1. The number of hydrogen-bond acceptors (Lipinski definition) is 5. The van der Waals surface area contributed by atoms with Crippen molar-refractivity contribution < 1.29 is 19.1 Å². The fourth-order valence-corrected chi connectivity index (χ4v) is 1.29. The topological polar surface area (TPSA) is 110 Å². The van der Waals surface area contributed by atoms with Crippen molar-refractivity contribution in [3.8, 4) is 0 Å². The maximum absolute atomic E-state index is 13.2. The molecule has 2 rings (SSSR count). The molecule has 2 aromatic heterocycles. The first-order valence-corrected chi connectivity index (χ1v) is 5.09. The Kier molecular flexibility index (Phi) is 3.46. The van der Waals surface area contributed by atoms with E-state index in [1.165, 1.54) is 12.3 Å². The molecule has 2 aromatic rings. The predicted molar refractivity (Wildman–Crippen MR) is 59.8 cm³/mol. The van der Waals surface area contributed by atoms with Crippen molar-refractivity contribution >= 4 is 17.6 Å². The maximum atomic E-state index is 13.2. The molecule has 0 atom stereocenters. The van der Waals surface area contributed by atoms with E-state index in [2.05, 4.69) is 20.6 Å². The van der Waals surface area contributed by atoms with E-state index in [1.807, 2.05) is 0 Å². The van der Waals surface area contributed by atoms with Gasteiger partial charge in [-0.2, -0.15) is 0 Å². The highest BCUT2D eigenvalue weighted by atomic mass is 19.1. The minimum atomic E-state index is -1.24. The number of nitrogens with zero attached hydrogens (tertiary/aromatic N) is 4. The van der Waals surface area contributed by atoms with Crippen molar-refractivity contribution in [1.82, 2.24) is 20.0 Å². The van der Waals surface area contributed by atoms with Gasteiger partial charge in [0.05, 0.1) is 18.1 Å². The molecule has 9 heteroatoms. The van der Waals surface area contributed by atoms with Gasteiger partial charge in [-0.15, -0.1) is 5.10 Å².